The van der Waals surface area contributed by atoms with Gasteiger partial charge in [-0.25, -0.2) is 14.4 Å². The van der Waals surface area contributed by atoms with Gasteiger partial charge in [-0.3, -0.25) is 0 Å². The first-order valence-electron chi connectivity index (χ1n) is 6.97. The fraction of sp³-hybridized carbons (Fsp3) is 0.467. The van der Waals surface area contributed by atoms with Gasteiger partial charge >= 0.3 is 0 Å². The molecule has 5 heteroatoms. The van der Waals surface area contributed by atoms with E-state index in [-0.39, 0.29) is 5.82 Å². The lowest BCUT2D eigenvalue weighted by Gasteiger charge is -2.36. The average Bonchev–Trinajstić information content (AvgIpc) is 2.47. The lowest BCUT2D eigenvalue weighted by molar-refractivity contribution is 0.249. The second-order valence-corrected chi connectivity index (χ2v) is 5.51. The number of nitrogens with zero attached hydrogens (tertiary/aromatic N) is 4. The number of hydrogen-bond donors (Lipinski definition) is 0. The minimum Gasteiger partial charge on any atom is -0.356 e. The first-order valence-corrected chi connectivity index (χ1v) is 6.97. The standard InChI is InChI=1S/C15H19FN4/c1-19(2)11-6-8-20(9-7-11)15-14-12(16)4-3-5-13(14)17-10-18-15/h3-5,10-11H,6-9H2,1-2H3. The lowest BCUT2D eigenvalue weighted by Crippen LogP contribution is -2.42. The van der Waals surface area contributed by atoms with Crippen molar-refractivity contribution in [2.45, 2.75) is 18.9 Å². The number of halogens is 1. The van der Waals surface area contributed by atoms with Crippen molar-refractivity contribution in [2.75, 3.05) is 32.1 Å². The third kappa shape index (κ3) is 2.33. The summed E-state index contributed by atoms with van der Waals surface area (Å²) in [5, 5.41) is 0.540. The zero-order valence-corrected chi connectivity index (χ0v) is 11.9. The van der Waals surface area contributed by atoms with E-state index < -0.39 is 0 Å². The van der Waals surface area contributed by atoms with Crippen LogP contribution >= 0.6 is 0 Å². The van der Waals surface area contributed by atoms with Crippen LogP contribution in [-0.4, -0.2) is 48.1 Å². The largest absolute Gasteiger partial charge is 0.356 e. The van der Waals surface area contributed by atoms with Crippen LogP contribution < -0.4 is 4.90 Å². The Morgan fingerprint density at radius 3 is 2.65 bits per heavy atom. The van der Waals surface area contributed by atoms with Crippen LogP contribution in [0.4, 0.5) is 10.2 Å². The van der Waals surface area contributed by atoms with Crippen LogP contribution in [0.1, 0.15) is 12.8 Å². The van der Waals surface area contributed by atoms with Crippen LogP contribution in [0.2, 0.25) is 0 Å². The van der Waals surface area contributed by atoms with E-state index in [2.05, 4.69) is 33.9 Å². The predicted molar refractivity (Wildman–Crippen MR) is 78.4 cm³/mol. The van der Waals surface area contributed by atoms with Gasteiger partial charge in [0, 0.05) is 19.1 Å². The van der Waals surface area contributed by atoms with Gasteiger partial charge in [0.15, 0.2) is 0 Å². The summed E-state index contributed by atoms with van der Waals surface area (Å²) in [7, 11) is 4.22. The molecule has 0 N–H and O–H groups in total. The maximum absolute atomic E-state index is 14.1. The molecule has 3 rings (SSSR count). The summed E-state index contributed by atoms with van der Waals surface area (Å²) in [5.41, 5.74) is 0.671. The summed E-state index contributed by atoms with van der Waals surface area (Å²) in [5.74, 6) is 0.484. The van der Waals surface area contributed by atoms with Crippen LogP contribution in [0, 0.1) is 5.82 Å². The molecule has 0 amide bonds. The lowest BCUT2D eigenvalue weighted by atomic mass is 10.0. The van der Waals surface area contributed by atoms with Crippen LogP contribution in [0.3, 0.4) is 0 Å². The second kappa shape index (κ2) is 5.32. The van der Waals surface area contributed by atoms with Gasteiger partial charge in [0.1, 0.15) is 18.0 Å². The van der Waals surface area contributed by atoms with Crippen molar-refractivity contribution in [3.63, 3.8) is 0 Å². The Labute approximate surface area is 118 Å². The van der Waals surface area contributed by atoms with E-state index in [0.29, 0.717) is 16.9 Å². The quantitative estimate of drug-likeness (QED) is 0.841. The SMILES string of the molecule is CN(C)C1CCN(c2ncnc3cccc(F)c23)CC1. The first kappa shape index (κ1) is 13.2. The Hall–Kier alpha value is -1.75. The Morgan fingerprint density at radius 2 is 1.95 bits per heavy atom. The molecule has 0 saturated carbocycles. The molecule has 1 aromatic carbocycles. The van der Waals surface area contributed by atoms with Gasteiger partial charge in [0.25, 0.3) is 0 Å². The van der Waals surface area contributed by atoms with Crippen molar-refractivity contribution in [3.8, 4) is 0 Å². The molecule has 1 aliphatic rings. The Kier molecular flexibility index (Phi) is 3.53. The molecular weight excluding hydrogens is 255 g/mol. The van der Waals surface area contributed by atoms with Crippen LogP contribution in [0.15, 0.2) is 24.5 Å². The summed E-state index contributed by atoms with van der Waals surface area (Å²) >= 11 is 0. The number of aromatic nitrogens is 2. The van der Waals surface area contributed by atoms with Crippen molar-refractivity contribution in [1.29, 1.82) is 0 Å². The summed E-state index contributed by atoms with van der Waals surface area (Å²) in [6, 6.07) is 5.59. The van der Waals surface area contributed by atoms with E-state index in [1.54, 1.807) is 6.07 Å². The minimum absolute atomic E-state index is 0.243. The molecular formula is C15H19FN4. The monoisotopic (exact) mass is 274 g/mol. The summed E-state index contributed by atoms with van der Waals surface area (Å²) in [6.07, 6.45) is 3.68. The van der Waals surface area contributed by atoms with Gasteiger partial charge in [-0.1, -0.05) is 6.07 Å². The molecule has 0 atom stereocenters. The molecule has 0 bridgehead atoms. The second-order valence-electron chi connectivity index (χ2n) is 5.51. The molecule has 2 heterocycles. The zero-order valence-electron chi connectivity index (χ0n) is 11.9. The highest BCUT2D eigenvalue weighted by atomic mass is 19.1. The average molecular weight is 274 g/mol. The highest BCUT2D eigenvalue weighted by Gasteiger charge is 2.23. The van der Waals surface area contributed by atoms with Crippen molar-refractivity contribution in [3.05, 3.63) is 30.3 Å². The van der Waals surface area contributed by atoms with Gasteiger partial charge < -0.3 is 9.80 Å². The van der Waals surface area contributed by atoms with Crippen molar-refractivity contribution in [2.24, 2.45) is 0 Å². The Morgan fingerprint density at radius 1 is 1.20 bits per heavy atom. The molecule has 1 aromatic heterocycles. The molecule has 106 valence electrons. The number of rotatable bonds is 2. The van der Waals surface area contributed by atoms with Crippen LogP contribution in [-0.2, 0) is 0 Å². The molecule has 1 saturated heterocycles. The first-order chi connectivity index (χ1) is 9.66. The Balaban J connectivity index is 1.92. The normalized spacial score (nSPS) is 17.1. The summed E-state index contributed by atoms with van der Waals surface area (Å²) < 4.78 is 14.1. The van der Waals surface area contributed by atoms with Crippen molar-refractivity contribution < 1.29 is 4.39 Å². The molecule has 4 nitrogen and oxygen atoms in total. The highest BCUT2D eigenvalue weighted by Crippen LogP contribution is 2.28. The van der Waals surface area contributed by atoms with E-state index in [1.165, 1.54) is 12.4 Å². The van der Waals surface area contributed by atoms with Crippen LogP contribution in [0.25, 0.3) is 10.9 Å². The third-order valence-electron chi connectivity index (χ3n) is 4.09. The molecule has 2 aromatic rings. The fourth-order valence-electron chi connectivity index (χ4n) is 2.89. The fourth-order valence-corrected chi connectivity index (χ4v) is 2.89. The maximum atomic E-state index is 14.1. The molecule has 1 fully saturated rings. The topological polar surface area (TPSA) is 32.3 Å². The zero-order chi connectivity index (χ0) is 14.1. The number of anilines is 1. The van der Waals surface area contributed by atoms with Gasteiger partial charge in [-0.05, 0) is 39.1 Å². The van der Waals surface area contributed by atoms with E-state index in [4.69, 9.17) is 0 Å². The molecule has 0 aliphatic carbocycles. The number of piperidine rings is 1. The molecule has 20 heavy (non-hydrogen) atoms. The van der Waals surface area contributed by atoms with Gasteiger partial charge in [-0.15, -0.1) is 0 Å². The molecule has 0 spiro atoms. The van der Waals surface area contributed by atoms with Crippen molar-refractivity contribution in [1.82, 2.24) is 14.9 Å². The van der Waals surface area contributed by atoms with Gasteiger partial charge in [0.05, 0.1) is 10.9 Å². The highest BCUT2D eigenvalue weighted by molar-refractivity contribution is 5.89. The van der Waals surface area contributed by atoms with Gasteiger partial charge in [-0.2, -0.15) is 0 Å². The van der Waals surface area contributed by atoms with E-state index in [9.17, 15) is 4.39 Å². The molecule has 0 unspecified atom stereocenters. The van der Waals surface area contributed by atoms with E-state index in [1.807, 2.05) is 6.07 Å². The van der Waals surface area contributed by atoms with Gasteiger partial charge in [0.2, 0.25) is 0 Å². The number of fused-ring (bicyclic) bond motifs is 1. The van der Waals surface area contributed by atoms with E-state index in [0.717, 1.165) is 31.7 Å². The molecule has 0 radical (unpaired) electrons. The summed E-state index contributed by atoms with van der Waals surface area (Å²) in [6.45, 7) is 1.81. The third-order valence-corrected chi connectivity index (χ3v) is 4.09. The summed E-state index contributed by atoms with van der Waals surface area (Å²) in [4.78, 5) is 12.9. The minimum atomic E-state index is -0.243. The predicted octanol–water partition coefficient (Wildman–Crippen LogP) is 2.30. The number of hydrogen-bond acceptors (Lipinski definition) is 4. The molecule has 1 aliphatic heterocycles. The van der Waals surface area contributed by atoms with Crippen molar-refractivity contribution >= 4 is 16.7 Å². The maximum Gasteiger partial charge on any atom is 0.142 e. The number of benzene rings is 1. The van der Waals surface area contributed by atoms with E-state index >= 15 is 0 Å². The Bertz CT molecular complexity index is 601. The van der Waals surface area contributed by atoms with Crippen LogP contribution in [0.5, 0.6) is 0 Å². The smallest absolute Gasteiger partial charge is 0.142 e.